The lowest BCUT2D eigenvalue weighted by Crippen LogP contribution is -2.62. The van der Waals surface area contributed by atoms with E-state index in [1.165, 1.54) is 22.3 Å². The quantitative estimate of drug-likeness (QED) is 0.711. The maximum atomic E-state index is 13.1. The van der Waals surface area contributed by atoms with Crippen molar-refractivity contribution in [3.63, 3.8) is 0 Å². The first-order valence-electron chi connectivity index (χ1n) is 11.9. The molecule has 2 aromatic carbocycles. The third kappa shape index (κ3) is 3.13. The first-order chi connectivity index (χ1) is 16.3. The first-order valence-corrected chi connectivity index (χ1v) is 11.9. The van der Waals surface area contributed by atoms with Crippen molar-refractivity contribution < 1.29 is 24.2 Å². The molecule has 0 aromatic heterocycles. The Kier molecular flexibility index (Phi) is 4.57. The number of amides is 2. The number of carboxylic acids is 1. The third-order valence-electron chi connectivity index (χ3n) is 8.39. The van der Waals surface area contributed by atoms with Gasteiger partial charge in [-0.3, -0.25) is 9.59 Å². The van der Waals surface area contributed by atoms with Crippen LogP contribution in [0.3, 0.4) is 0 Å². The van der Waals surface area contributed by atoms with Gasteiger partial charge in [-0.25, -0.2) is 4.79 Å². The van der Waals surface area contributed by atoms with Crippen LogP contribution in [-0.4, -0.2) is 53.7 Å². The molecule has 0 bridgehead atoms. The van der Waals surface area contributed by atoms with Gasteiger partial charge in [0.2, 0.25) is 5.91 Å². The normalized spacial score (nSPS) is 27.7. The lowest BCUT2D eigenvalue weighted by molar-refractivity contribution is -0.166. The zero-order valence-electron chi connectivity index (χ0n) is 19.1. The number of nitrogens with one attached hydrogen (secondary N) is 1. The summed E-state index contributed by atoms with van der Waals surface area (Å²) in [6.07, 6.45) is 1.74. The minimum absolute atomic E-state index is 0.0120. The molecule has 2 aromatic rings. The molecule has 6 rings (SSSR count). The molecule has 2 amide bonds. The van der Waals surface area contributed by atoms with Crippen LogP contribution in [0.15, 0.2) is 48.5 Å². The monoisotopic (exact) mass is 460 g/mol. The fourth-order valence-electron chi connectivity index (χ4n) is 6.46. The van der Waals surface area contributed by atoms with Crippen LogP contribution in [0.2, 0.25) is 0 Å². The van der Waals surface area contributed by atoms with Gasteiger partial charge < -0.3 is 20.1 Å². The average molecular weight is 461 g/mol. The van der Waals surface area contributed by atoms with E-state index in [2.05, 4.69) is 29.6 Å². The van der Waals surface area contributed by atoms with Gasteiger partial charge in [0.15, 0.2) is 0 Å². The van der Waals surface area contributed by atoms with Gasteiger partial charge in [0.25, 0.3) is 0 Å². The number of alkyl carbamates (subject to hydrolysis) is 1. The summed E-state index contributed by atoms with van der Waals surface area (Å²) in [4.78, 5) is 38.7. The highest BCUT2D eigenvalue weighted by atomic mass is 16.5. The van der Waals surface area contributed by atoms with E-state index in [9.17, 15) is 19.5 Å². The fraction of sp³-hybridized carbons (Fsp3) is 0.444. The number of hydrogen-bond acceptors (Lipinski definition) is 4. The number of rotatable bonds is 5. The van der Waals surface area contributed by atoms with Gasteiger partial charge >= 0.3 is 12.1 Å². The Morgan fingerprint density at radius 2 is 1.65 bits per heavy atom. The number of nitrogens with zero attached hydrogens (tertiary/aromatic N) is 1. The second-order valence-electron chi connectivity index (χ2n) is 10.7. The van der Waals surface area contributed by atoms with Crippen molar-refractivity contribution in [1.82, 2.24) is 10.2 Å². The van der Waals surface area contributed by atoms with Gasteiger partial charge in [0, 0.05) is 25.0 Å². The van der Waals surface area contributed by atoms with Crippen molar-refractivity contribution in [2.75, 3.05) is 19.7 Å². The smallest absolute Gasteiger partial charge is 0.407 e. The van der Waals surface area contributed by atoms with Crippen LogP contribution >= 0.6 is 0 Å². The Morgan fingerprint density at radius 3 is 2.26 bits per heavy atom. The summed E-state index contributed by atoms with van der Waals surface area (Å²) in [5.41, 5.74) is 3.45. The molecule has 2 saturated carbocycles. The molecule has 4 aliphatic rings. The molecule has 7 nitrogen and oxygen atoms in total. The summed E-state index contributed by atoms with van der Waals surface area (Å²) in [7, 11) is 0. The molecule has 2 N–H and O–H groups in total. The zero-order valence-corrected chi connectivity index (χ0v) is 19.1. The molecule has 0 unspecified atom stereocenters. The first kappa shape index (κ1) is 21.2. The Hall–Kier alpha value is -3.35. The van der Waals surface area contributed by atoms with Crippen LogP contribution < -0.4 is 5.32 Å². The number of carboxylic acid groups (broad SMARTS) is 1. The van der Waals surface area contributed by atoms with Gasteiger partial charge in [-0.2, -0.15) is 0 Å². The van der Waals surface area contributed by atoms with Crippen molar-refractivity contribution in [1.29, 1.82) is 0 Å². The van der Waals surface area contributed by atoms with Crippen LogP contribution in [0.25, 0.3) is 11.1 Å². The predicted molar refractivity (Wildman–Crippen MR) is 124 cm³/mol. The molecule has 0 spiro atoms. The third-order valence-corrected chi connectivity index (χ3v) is 8.39. The number of carbonyl (C=O) groups excluding carboxylic acids is 2. The molecule has 1 saturated heterocycles. The second-order valence-corrected chi connectivity index (χ2v) is 10.7. The Bertz CT molecular complexity index is 1160. The summed E-state index contributed by atoms with van der Waals surface area (Å²) in [5, 5.41) is 12.3. The molecule has 34 heavy (non-hydrogen) atoms. The molecule has 3 fully saturated rings. The van der Waals surface area contributed by atoms with Gasteiger partial charge in [-0.1, -0.05) is 48.5 Å². The van der Waals surface area contributed by atoms with Crippen LogP contribution in [0.1, 0.15) is 43.2 Å². The van der Waals surface area contributed by atoms with Crippen molar-refractivity contribution in [2.24, 2.45) is 16.7 Å². The zero-order chi connectivity index (χ0) is 23.7. The highest BCUT2D eigenvalue weighted by Crippen LogP contribution is 2.65. The summed E-state index contributed by atoms with van der Waals surface area (Å²) in [5.74, 6) is -0.538. The highest BCUT2D eigenvalue weighted by molar-refractivity contribution is 5.90. The average Bonchev–Trinajstić information content (AvgIpc) is 3.23. The Morgan fingerprint density at radius 1 is 1.03 bits per heavy atom. The van der Waals surface area contributed by atoms with Crippen LogP contribution in [0.4, 0.5) is 4.79 Å². The van der Waals surface area contributed by atoms with E-state index in [1.807, 2.05) is 24.3 Å². The molecule has 176 valence electrons. The lowest BCUT2D eigenvalue weighted by atomic mass is 9.80. The standard InChI is InChI=1S/C27H28N2O5/c1-26(24(31)32)14-29(15-26)23(30)27-11-16(27)10-17(12-27)28-25(33)34-13-22-20-8-4-2-6-18(20)19-7-3-5-9-21(19)22/h2-9,16-17,22H,10-15H2,1H3,(H,28,33)(H,31,32)/t16-,17+,27+/m0/s1. The summed E-state index contributed by atoms with van der Waals surface area (Å²) in [6, 6.07) is 16.4. The summed E-state index contributed by atoms with van der Waals surface area (Å²) >= 11 is 0. The minimum Gasteiger partial charge on any atom is -0.481 e. The van der Waals surface area contributed by atoms with E-state index < -0.39 is 22.9 Å². The highest BCUT2D eigenvalue weighted by Gasteiger charge is 2.67. The molecule has 3 aliphatic carbocycles. The van der Waals surface area contributed by atoms with E-state index in [1.54, 1.807) is 11.8 Å². The van der Waals surface area contributed by atoms with E-state index in [4.69, 9.17) is 4.74 Å². The number of likely N-dealkylation sites (tertiary alicyclic amines) is 1. The number of carbonyl (C=O) groups is 3. The van der Waals surface area contributed by atoms with E-state index >= 15 is 0 Å². The van der Waals surface area contributed by atoms with Crippen LogP contribution in [0, 0.1) is 16.7 Å². The SMILES string of the molecule is CC1(C(=O)O)CN(C(=O)[C@]23C[C@H](NC(=O)OCC4c5ccccc5-c5ccccc54)C[C@H]2C3)C1. The Balaban J connectivity index is 1.05. The maximum Gasteiger partial charge on any atom is 0.407 e. The van der Waals surface area contributed by atoms with E-state index in [0.29, 0.717) is 6.42 Å². The van der Waals surface area contributed by atoms with Crippen LogP contribution in [0.5, 0.6) is 0 Å². The summed E-state index contributed by atoms with van der Waals surface area (Å²) < 4.78 is 5.67. The van der Waals surface area contributed by atoms with Crippen molar-refractivity contribution >= 4 is 18.0 Å². The van der Waals surface area contributed by atoms with Gasteiger partial charge in [0.05, 0.1) is 10.8 Å². The molecule has 0 radical (unpaired) electrons. The van der Waals surface area contributed by atoms with Crippen molar-refractivity contribution in [3.05, 3.63) is 59.7 Å². The number of fused-ring (bicyclic) bond motifs is 4. The summed E-state index contributed by atoms with van der Waals surface area (Å²) in [6.45, 7) is 2.47. The van der Waals surface area contributed by atoms with Crippen molar-refractivity contribution in [2.45, 2.75) is 38.1 Å². The Labute approximate surface area is 198 Å². The molecule has 1 aliphatic heterocycles. The lowest BCUT2D eigenvalue weighted by Gasteiger charge is -2.46. The molecule has 3 atom stereocenters. The molecular formula is C27H28N2O5. The van der Waals surface area contributed by atoms with E-state index in [0.717, 1.165) is 12.8 Å². The number of ether oxygens (including phenoxy) is 1. The van der Waals surface area contributed by atoms with Gasteiger partial charge in [-0.05, 0) is 54.4 Å². The van der Waals surface area contributed by atoms with Crippen LogP contribution in [-0.2, 0) is 14.3 Å². The number of aliphatic carboxylic acids is 1. The molecule has 1 heterocycles. The van der Waals surface area contributed by atoms with Gasteiger partial charge in [-0.15, -0.1) is 0 Å². The second kappa shape index (κ2) is 7.32. The van der Waals surface area contributed by atoms with Crippen molar-refractivity contribution in [3.8, 4) is 11.1 Å². The minimum atomic E-state index is -0.859. The molecule has 7 heteroatoms. The molecular weight excluding hydrogens is 432 g/mol. The van der Waals surface area contributed by atoms with E-state index in [-0.39, 0.29) is 43.5 Å². The maximum absolute atomic E-state index is 13.1. The predicted octanol–water partition coefficient (Wildman–Crippen LogP) is 3.63. The topological polar surface area (TPSA) is 95.9 Å². The fourth-order valence-corrected chi connectivity index (χ4v) is 6.46. The van der Waals surface area contributed by atoms with Gasteiger partial charge in [0.1, 0.15) is 6.61 Å². The number of benzene rings is 2. The largest absolute Gasteiger partial charge is 0.481 e. The number of hydrogen-bond donors (Lipinski definition) is 2.